The second-order valence-corrected chi connectivity index (χ2v) is 5.01. The fourth-order valence-corrected chi connectivity index (χ4v) is 3.05. The summed E-state index contributed by atoms with van der Waals surface area (Å²) in [6, 6.07) is 3.33. The lowest BCUT2D eigenvalue weighted by Gasteiger charge is -2.31. The van der Waals surface area contributed by atoms with Crippen molar-refractivity contribution < 1.29 is 14.4 Å². The van der Waals surface area contributed by atoms with Gasteiger partial charge in [-0.2, -0.15) is 0 Å². The molecule has 0 aliphatic carbocycles. The summed E-state index contributed by atoms with van der Waals surface area (Å²) < 4.78 is 14.0. The molecule has 96 valence electrons. The number of fused-ring (bicyclic) bond motifs is 2. The molecule has 3 rings (SSSR count). The van der Waals surface area contributed by atoms with Crippen molar-refractivity contribution in [2.24, 2.45) is 0 Å². The smallest absolute Gasteiger partial charge is 0.274 e. The molecular formula is C13H15FN2O2. The minimum absolute atomic E-state index is 0.173. The lowest BCUT2D eigenvalue weighted by atomic mass is 9.92. The van der Waals surface area contributed by atoms with Crippen LogP contribution in [0.3, 0.4) is 0 Å². The lowest BCUT2D eigenvalue weighted by molar-refractivity contribution is 0.0705. The first-order chi connectivity index (χ1) is 8.69. The summed E-state index contributed by atoms with van der Waals surface area (Å²) in [5.74, 6) is -1.00. The Morgan fingerprint density at radius 1 is 1.50 bits per heavy atom. The number of hydrogen-bond donors (Lipinski definition) is 2. The van der Waals surface area contributed by atoms with Crippen molar-refractivity contribution in [1.29, 1.82) is 0 Å². The molecule has 0 spiro atoms. The highest BCUT2D eigenvalue weighted by Crippen LogP contribution is 2.32. The van der Waals surface area contributed by atoms with E-state index in [2.05, 4.69) is 4.90 Å². The number of benzene rings is 1. The Kier molecular flexibility index (Phi) is 2.80. The van der Waals surface area contributed by atoms with E-state index in [0.717, 1.165) is 36.9 Å². The fraction of sp³-hybridized carbons (Fsp3) is 0.462. The maximum Gasteiger partial charge on any atom is 0.274 e. The second-order valence-electron chi connectivity index (χ2n) is 5.01. The lowest BCUT2D eigenvalue weighted by Crippen LogP contribution is -2.36. The van der Waals surface area contributed by atoms with Gasteiger partial charge in [-0.1, -0.05) is 0 Å². The largest absolute Gasteiger partial charge is 0.296 e. The van der Waals surface area contributed by atoms with E-state index in [-0.39, 0.29) is 11.4 Å². The molecular weight excluding hydrogens is 235 g/mol. The monoisotopic (exact) mass is 250 g/mol. The molecule has 2 N–H and O–H groups in total. The van der Waals surface area contributed by atoms with Crippen molar-refractivity contribution in [2.45, 2.75) is 31.8 Å². The van der Waals surface area contributed by atoms with Crippen molar-refractivity contribution in [1.82, 2.24) is 10.4 Å². The van der Waals surface area contributed by atoms with Gasteiger partial charge in [0.1, 0.15) is 5.82 Å². The summed E-state index contributed by atoms with van der Waals surface area (Å²) in [7, 11) is 0. The van der Waals surface area contributed by atoms with Gasteiger partial charge in [-0.15, -0.1) is 0 Å². The molecule has 0 unspecified atom stereocenters. The van der Waals surface area contributed by atoms with Crippen molar-refractivity contribution >= 4 is 5.91 Å². The van der Waals surface area contributed by atoms with Gasteiger partial charge < -0.3 is 0 Å². The molecule has 2 aliphatic heterocycles. The van der Waals surface area contributed by atoms with E-state index in [1.54, 1.807) is 11.5 Å². The molecule has 2 aliphatic rings. The SMILES string of the molecule is O=C(NO)c1cc(F)c2c(c1)CN1CCC[C@@H]1C2. The number of amides is 1. The van der Waals surface area contributed by atoms with Crippen LogP contribution < -0.4 is 5.48 Å². The van der Waals surface area contributed by atoms with Crippen LogP contribution in [-0.4, -0.2) is 28.6 Å². The normalized spacial score (nSPS) is 22.4. The fourth-order valence-electron chi connectivity index (χ4n) is 3.05. The Morgan fingerprint density at radius 3 is 3.11 bits per heavy atom. The maximum absolute atomic E-state index is 14.0. The predicted octanol–water partition coefficient (Wildman–Crippen LogP) is 1.47. The van der Waals surface area contributed by atoms with Crippen molar-refractivity contribution in [3.05, 3.63) is 34.6 Å². The average molecular weight is 250 g/mol. The Hall–Kier alpha value is -1.46. The molecule has 0 saturated carbocycles. The zero-order chi connectivity index (χ0) is 12.7. The third-order valence-electron chi connectivity index (χ3n) is 3.96. The molecule has 0 aromatic heterocycles. The zero-order valence-corrected chi connectivity index (χ0v) is 9.95. The first-order valence-corrected chi connectivity index (χ1v) is 6.19. The van der Waals surface area contributed by atoms with Gasteiger partial charge in [0, 0.05) is 18.2 Å². The molecule has 1 amide bonds. The van der Waals surface area contributed by atoms with E-state index in [9.17, 15) is 9.18 Å². The summed E-state index contributed by atoms with van der Waals surface area (Å²) in [6.07, 6.45) is 3.00. The summed E-state index contributed by atoms with van der Waals surface area (Å²) in [4.78, 5) is 13.7. The van der Waals surface area contributed by atoms with E-state index in [4.69, 9.17) is 5.21 Å². The Balaban J connectivity index is 1.99. The van der Waals surface area contributed by atoms with Gasteiger partial charge in [0.25, 0.3) is 5.91 Å². The predicted molar refractivity (Wildman–Crippen MR) is 62.8 cm³/mol. The van der Waals surface area contributed by atoms with Crippen LogP contribution in [0.15, 0.2) is 12.1 Å². The van der Waals surface area contributed by atoms with E-state index in [1.165, 1.54) is 6.07 Å². The molecule has 1 aromatic carbocycles. The molecule has 4 nitrogen and oxygen atoms in total. The van der Waals surface area contributed by atoms with Gasteiger partial charge in [-0.05, 0) is 49.1 Å². The van der Waals surface area contributed by atoms with E-state index in [0.29, 0.717) is 12.6 Å². The molecule has 0 radical (unpaired) electrons. The molecule has 1 atom stereocenters. The van der Waals surface area contributed by atoms with Crippen molar-refractivity contribution in [3.63, 3.8) is 0 Å². The van der Waals surface area contributed by atoms with Crippen molar-refractivity contribution in [3.8, 4) is 0 Å². The number of carbonyl (C=O) groups excluding carboxylic acids is 1. The molecule has 18 heavy (non-hydrogen) atoms. The van der Waals surface area contributed by atoms with Gasteiger partial charge in [-0.3, -0.25) is 14.9 Å². The third-order valence-corrected chi connectivity index (χ3v) is 3.96. The standard InChI is InChI=1S/C13H15FN2O2/c14-12-5-8(13(17)15-18)4-9-7-16-3-1-2-10(16)6-11(9)12/h4-5,10,18H,1-3,6-7H2,(H,15,17)/t10-/m1/s1. The second kappa shape index (κ2) is 4.33. The van der Waals surface area contributed by atoms with Gasteiger partial charge in [-0.25, -0.2) is 9.87 Å². The summed E-state index contributed by atoms with van der Waals surface area (Å²) in [6.45, 7) is 1.74. The first-order valence-electron chi connectivity index (χ1n) is 6.19. The van der Waals surface area contributed by atoms with Crippen LogP contribution in [0.4, 0.5) is 4.39 Å². The molecule has 2 heterocycles. The van der Waals surface area contributed by atoms with Crippen LogP contribution in [-0.2, 0) is 13.0 Å². The minimum Gasteiger partial charge on any atom is -0.296 e. The average Bonchev–Trinajstić information content (AvgIpc) is 2.82. The molecule has 1 fully saturated rings. The molecule has 5 heteroatoms. The number of nitrogens with one attached hydrogen (secondary N) is 1. The van der Waals surface area contributed by atoms with Crippen LogP contribution in [0.25, 0.3) is 0 Å². The van der Waals surface area contributed by atoms with E-state index < -0.39 is 5.91 Å². The van der Waals surface area contributed by atoms with Crippen LogP contribution >= 0.6 is 0 Å². The van der Waals surface area contributed by atoms with Crippen LogP contribution in [0.2, 0.25) is 0 Å². The number of hydroxylamine groups is 1. The number of rotatable bonds is 1. The number of hydrogen-bond acceptors (Lipinski definition) is 3. The highest BCUT2D eigenvalue weighted by molar-refractivity contribution is 5.93. The summed E-state index contributed by atoms with van der Waals surface area (Å²) in [5.41, 5.74) is 3.31. The molecule has 0 bridgehead atoms. The number of nitrogens with zero attached hydrogens (tertiary/aromatic N) is 1. The Labute approximate surface area is 104 Å². The third kappa shape index (κ3) is 1.79. The first kappa shape index (κ1) is 11.6. The zero-order valence-electron chi connectivity index (χ0n) is 9.95. The quantitative estimate of drug-likeness (QED) is 0.586. The van der Waals surface area contributed by atoms with Crippen LogP contribution in [0.5, 0.6) is 0 Å². The van der Waals surface area contributed by atoms with E-state index in [1.807, 2.05) is 0 Å². The Morgan fingerprint density at radius 2 is 2.33 bits per heavy atom. The van der Waals surface area contributed by atoms with Crippen molar-refractivity contribution in [2.75, 3.05) is 6.54 Å². The van der Waals surface area contributed by atoms with Gasteiger partial charge in [0.05, 0.1) is 0 Å². The van der Waals surface area contributed by atoms with Gasteiger partial charge >= 0.3 is 0 Å². The summed E-state index contributed by atoms with van der Waals surface area (Å²) >= 11 is 0. The minimum atomic E-state index is -0.666. The maximum atomic E-state index is 14.0. The number of halogens is 1. The van der Waals surface area contributed by atoms with Gasteiger partial charge in [0.15, 0.2) is 0 Å². The van der Waals surface area contributed by atoms with Gasteiger partial charge in [0.2, 0.25) is 0 Å². The van der Waals surface area contributed by atoms with E-state index >= 15 is 0 Å². The van der Waals surface area contributed by atoms with Crippen LogP contribution in [0.1, 0.15) is 34.3 Å². The van der Waals surface area contributed by atoms with Crippen LogP contribution in [0, 0.1) is 5.82 Å². The molecule has 1 saturated heterocycles. The molecule has 1 aromatic rings. The topological polar surface area (TPSA) is 52.6 Å². The highest BCUT2D eigenvalue weighted by atomic mass is 19.1. The Bertz CT molecular complexity index is 504. The number of carbonyl (C=O) groups is 1. The summed E-state index contributed by atoms with van der Waals surface area (Å²) in [5, 5.41) is 8.60. The highest BCUT2D eigenvalue weighted by Gasteiger charge is 2.31.